The Balaban J connectivity index is 2.83. The number of rotatable bonds is 0. The molecule has 0 fully saturated rings. The summed E-state index contributed by atoms with van der Waals surface area (Å²) in [6.45, 7) is 0. The second-order valence-corrected chi connectivity index (χ2v) is 2.20. The van der Waals surface area contributed by atoms with Gasteiger partial charge < -0.3 is 0 Å². The SMILES string of the molecule is Fc1ccc2cnccc2n1. The van der Waals surface area contributed by atoms with Crippen LogP contribution in [0.2, 0.25) is 0 Å². The Bertz CT molecular complexity index is 387. The van der Waals surface area contributed by atoms with Crippen LogP contribution in [0.3, 0.4) is 0 Å². The molecule has 0 N–H and O–H groups in total. The number of hydrogen-bond donors (Lipinski definition) is 0. The van der Waals surface area contributed by atoms with Crippen LogP contribution in [0.25, 0.3) is 10.9 Å². The van der Waals surface area contributed by atoms with E-state index in [0.29, 0.717) is 5.52 Å². The van der Waals surface area contributed by atoms with Gasteiger partial charge in [0.25, 0.3) is 0 Å². The predicted molar refractivity (Wildman–Crippen MR) is 39.5 cm³/mol. The Morgan fingerprint density at radius 1 is 1.18 bits per heavy atom. The zero-order valence-corrected chi connectivity index (χ0v) is 5.66. The highest BCUT2D eigenvalue weighted by Crippen LogP contribution is 2.08. The molecule has 0 unspecified atom stereocenters. The standard InChI is InChI=1S/C8H5FN2/c9-8-2-1-6-5-10-4-3-7(6)11-8/h1-5H. The van der Waals surface area contributed by atoms with Gasteiger partial charge in [-0.3, -0.25) is 4.98 Å². The molecule has 11 heavy (non-hydrogen) atoms. The van der Waals surface area contributed by atoms with Crippen LogP contribution < -0.4 is 0 Å². The van der Waals surface area contributed by atoms with Gasteiger partial charge in [0.2, 0.25) is 5.95 Å². The van der Waals surface area contributed by atoms with Crippen molar-refractivity contribution in [1.82, 2.24) is 9.97 Å². The first kappa shape index (κ1) is 6.22. The molecule has 54 valence electrons. The third-order valence-electron chi connectivity index (χ3n) is 1.46. The molecule has 2 aromatic rings. The Labute approximate surface area is 62.7 Å². The predicted octanol–water partition coefficient (Wildman–Crippen LogP) is 1.77. The van der Waals surface area contributed by atoms with Gasteiger partial charge in [-0.05, 0) is 18.2 Å². The highest BCUT2D eigenvalue weighted by Gasteiger charge is 1.94. The third-order valence-corrected chi connectivity index (χ3v) is 1.46. The lowest BCUT2D eigenvalue weighted by Gasteiger charge is -1.93. The number of pyridine rings is 2. The van der Waals surface area contributed by atoms with Crippen LogP contribution in [0, 0.1) is 5.95 Å². The van der Waals surface area contributed by atoms with Crippen molar-refractivity contribution in [2.45, 2.75) is 0 Å². The monoisotopic (exact) mass is 148 g/mol. The molecule has 3 heteroatoms. The molecule has 0 aliphatic carbocycles. The molecular weight excluding hydrogens is 143 g/mol. The molecule has 0 saturated carbocycles. The van der Waals surface area contributed by atoms with E-state index in [2.05, 4.69) is 9.97 Å². The van der Waals surface area contributed by atoms with Crippen molar-refractivity contribution in [3.8, 4) is 0 Å². The van der Waals surface area contributed by atoms with Gasteiger partial charge in [0.05, 0.1) is 5.52 Å². The van der Waals surface area contributed by atoms with Gasteiger partial charge in [0.15, 0.2) is 0 Å². The highest BCUT2D eigenvalue weighted by atomic mass is 19.1. The Kier molecular flexibility index (Phi) is 1.28. The van der Waals surface area contributed by atoms with Crippen molar-refractivity contribution in [2.24, 2.45) is 0 Å². The summed E-state index contributed by atoms with van der Waals surface area (Å²) < 4.78 is 12.5. The van der Waals surface area contributed by atoms with E-state index < -0.39 is 5.95 Å². The zero-order chi connectivity index (χ0) is 7.68. The maximum atomic E-state index is 12.5. The van der Waals surface area contributed by atoms with Crippen LogP contribution in [0.15, 0.2) is 30.6 Å². The Morgan fingerprint density at radius 2 is 2.09 bits per heavy atom. The Morgan fingerprint density at radius 3 is 3.00 bits per heavy atom. The fourth-order valence-electron chi connectivity index (χ4n) is 0.940. The van der Waals surface area contributed by atoms with Crippen molar-refractivity contribution in [2.75, 3.05) is 0 Å². The van der Waals surface area contributed by atoms with Gasteiger partial charge in [-0.1, -0.05) is 0 Å². The summed E-state index contributed by atoms with van der Waals surface area (Å²) in [5, 5.41) is 0.855. The molecule has 0 saturated heterocycles. The number of fused-ring (bicyclic) bond motifs is 1. The summed E-state index contributed by atoms with van der Waals surface area (Å²) in [7, 11) is 0. The van der Waals surface area contributed by atoms with Crippen molar-refractivity contribution >= 4 is 10.9 Å². The minimum absolute atomic E-state index is 0.455. The molecule has 2 heterocycles. The van der Waals surface area contributed by atoms with Gasteiger partial charge in [-0.25, -0.2) is 4.98 Å². The lowest BCUT2D eigenvalue weighted by molar-refractivity contribution is 0.589. The molecule has 0 aliphatic rings. The summed E-state index contributed by atoms with van der Waals surface area (Å²) in [6, 6.07) is 4.66. The van der Waals surface area contributed by atoms with Crippen LogP contribution >= 0.6 is 0 Å². The zero-order valence-electron chi connectivity index (χ0n) is 5.66. The van der Waals surface area contributed by atoms with E-state index in [4.69, 9.17) is 0 Å². The van der Waals surface area contributed by atoms with E-state index in [-0.39, 0.29) is 0 Å². The van der Waals surface area contributed by atoms with Crippen molar-refractivity contribution in [3.05, 3.63) is 36.5 Å². The van der Waals surface area contributed by atoms with Crippen LogP contribution in [0.4, 0.5) is 4.39 Å². The third kappa shape index (κ3) is 1.05. The lowest BCUT2D eigenvalue weighted by atomic mass is 10.3. The molecule has 0 amide bonds. The minimum Gasteiger partial charge on any atom is -0.264 e. The molecule has 0 atom stereocenters. The van der Waals surface area contributed by atoms with Crippen molar-refractivity contribution in [3.63, 3.8) is 0 Å². The van der Waals surface area contributed by atoms with Crippen LogP contribution in [0.1, 0.15) is 0 Å². The molecule has 2 rings (SSSR count). The fourth-order valence-corrected chi connectivity index (χ4v) is 0.940. The number of aromatic nitrogens is 2. The first-order chi connectivity index (χ1) is 5.36. The van der Waals surface area contributed by atoms with Gasteiger partial charge in [0, 0.05) is 17.8 Å². The molecule has 2 nitrogen and oxygen atoms in total. The molecule has 0 radical (unpaired) electrons. The first-order valence-corrected chi connectivity index (χ1v) is 3.22. The average Bonchev–Trinajstić information content (AvgIpc) is 2.04. The van der Waals surface area contributed by atoms with E-state index in [0.717, 1.165) is 5.39 Å². The van der Waals surface area contributed by atoms with Crippen LogP contribution in [-0.2, 0) is 0 Å². The normalized spacial score (nSPS) is 10.3. The van der Waals surface area contributed by atoms with E-state index >= 15 is 0 Å². The summed E-state index contributed by atoms with van der Waals surface area (Å²) in [5.74, 6) is -0.455. The van der Waals surface area contributed by atoms with Crippen LogP contribution in [0.5, 0.6) is 0 Å². The summed E-state index contributed by atoms with van der Waals surface area (Å²) in [5.41, 5.74) is 0.639. The quantitative estimate of drug-likeness (QED) is 0.532. The Hall–Kier alpha value is -1.51. The number of nitrogens with zero attached hydrogens (tertiary/aromatic N) is 2. The molecule has 0 spiro atoms. The second-order valence-electron chi connectivity index (χ2n) is 2.20. The van der Waals surface area contributed by atoms with E-state index in [1.54, 1.807) is 24.5 Å². The van der Waals surface area contributed by atoms with E-state index in [9.17, 15) is 4.39 Å². The fraction of sp³-hybridized carbons (Fsp3) is 0. The molecule has 2 aromatic heterocycles. The van der Waals surface area contributed by atoms with Gasteiger partial charge in [0.1, 0.15) is 0 Å². The summed E-state index contributed by atoms with van der Waals surface area (Å²) in [6.07, 6.45) is 3.25. The number of halogens is 1. The molecule has 0 aliphatic heterocycles. The largest absolute Gasteiger partial charge is 0.264 e. The van der Waals surface area contributed by atoms with Gasteiger partial charge in [-0.15, -0.1) is 0 Å². The minimum atomic E-state index is -0.455. The van der Waals surface area contributed by atoms with Gasteiger partial charge >= 0.3 is 0 Å². The topological polar surface area (TPSA) is 25.8 Å². The summed E-state index contributed by atoms with van der Waals surface area (Å²) >= 11 is 0. The smallest absolute Gasteiger partial charge is 0.213 e. The van der Waals surface area contributed by atoms with Crippen molar-refractivity contribution in [1.29, 1.82) is 0 Å². The van der Waals surface area contributed by atoms with Crippen LogP contribution in [-0.4, -0.2) is 9.97 Å². The van der Waals surface area contributed by atoms with E-state index in [1.165, 1.54) is 6.07 Å². The van der Waals surface area contributed by atoms with E-state index in [1.807, 2.05) is 0 Å². The molecule has 0 aromatic carbocycles. The second kappa shape index (κ2) is 2.27. The lowest BCUT2D eigenvalue weighted by Crippen LogP contribution is -1.83. The number of hydrogen-bond acceptors (Lipinski definition) is 2. The summed E-state index contributed by atoms with van der Waals surface area (Å²) in [4.78, 5) is 7.55. The van der Waals surface area contributed by atoms with Gasteiger partial charge in [-0.2, -0.15) is 4.39 Å². The average molecular weight is 148 g/mol. The maximum Gasteiger partial charge on any atom is 0.213 e. The maximum absolute atomic E-state index is 12.5. The first-order valence-electron chi connectivity index (χ1n) is 3.22. The molecular formula is C8H5FN2. The van der Waals surface area contributed by atoms with Crippen molar-refractivity contribution < 1.29 is 4.39 Å². The molecule has 0 bridgehead atoms. The highest BCUT2D eigenvalue weighted by molar-refractivity contribution is 5.76.